The van der Waals surface area contributed by atoms with Gasteiger partial charge in [0, 0.05) is 17.8 Å². The second-order valence-corrected chi connectivity index (χ2v) is 4.93. The molecule has 7 heteroatoms. The number of nitrogen functional groups attached to an aromatic ring is 1. The molecule has 1 aliphatic heterocycles. The maximum absolute atomic E-state index is 12.4. The molecule has 1 heterocycles. The van der Waals surface area contributed by atoms with Crippen molar-refractivity contribution in [1.29, 1.82) is 0 Å². The Balaban J connectivity index is 2.20. The van der Waals surface area contributed by atoms with Crippen LogP contribution in [-0.4, -0.2) is 16.7 Å². The average Bonchev–Trinajstić information content (AvgIpc) is 2.74. The van der Waals surface area contributed by atoms with Crippen LogP contribution in [0.15, 0.2) is 36.4 Å². The molecule has 1 aliphatic rings. The van der Waals surface area contributed by atoms with Gasteiger partial charge in [-0.05, 0) is 24.6 Å². The summed E-state index contributed by atoms with van der Waals surface area (Å²) in [6, 6.07) is 8.80. The minimum absolute atomic E-state index is 0.137. The number of non-ortho nitro benzene ring substituents is 1. The lowest BCUT2D eigenvalue weighted by atomic mass is 10.1. The Hall–Kier alpha value is -3.22. The van der Waals surface area contributed by atoms with E-state index < -0.39 is 16.7 Å². The molecule has 0 bridgehead atoms. The standard InChI is InChI=1S/C15H11N3O4/c1-8-12(16)6-9(18(21)22)7-13(8)17-14(19)10-4-2-3-5-11(10)15(17)20/h2-7H,16H2,1H3. The number of hydrogen-bond donors (Lipinski definition) is 1. The first-order chi connectivity index (χ1) is 10.4. The first-order valence-corrected chi connectivity index (χ1v) is 6.44. The molecule has 0 fully saturated rings. The molecule has 7 nitrogen and oxygen atoms in total. The van der Waals surface area contributed by atoms with Crippen LogP contribution in [-0.2, 0) is 0 Å². The van der Waals surface area contributed by atoms with E-state index in [1.54, 1.807) is 31.2 Å². The van der Waals surface area contributed by atoms with Gasteiger partial charge in [-0.3, -0.25) is 19.7 Å². The minimum atomic E-state index is -0.614. The fourth-order valence-corrected chi connectivity index (χ4v) is 2.45. The minimum Gasteiger partial charge on any atom is -0.398 e. The van der Waals surface area contributed by atoms with Gasteiger partial charge < -0.3 is 5.73 Å². The molecular formula is C15H11N3O4. The van der Waals surface area contributed by atoms with E-state index in [1.807, 2.05) is 0 Å². The number of carbonyl (C=O) groups excluding carboxylic acids is 2. The summed E-state index contributed by atoms with van der Waals surface area (Å²) in [4.78, 5) is 36.2. The van der Waals surface area contributed by atoms with Gasteiger partial charge in [0.2, 0.25) is 0 Å². The number of nitrogens with zero attached hydrogens (tertiary/aromatic N) is 2. The Morgan fingerprint density at radius 3 is 2.14 bits per heavy atom. The van der Waals surface area contributed by atoms with E-state index in [-0.39, 0.29) is 28.2 Å². The van der Waals surface area contributed by atoms with Crippen LogP contribution in [0.4, 0.5) is 17.1 Å². The summed E-state index contributed by atoms with van der Waals surface area (Å²) < 4.78 is 0. The van der Waals surface area contributed by atoms with Crippen LogP contribution < -0.4 is 10.6 Å². The SMILES string of the molecule is Cc1c(N)cc([N+](=O)[O-])cc1N1C(=O)c2ccccc2C1=O. The maximum atomic E-state index is 12.4. The molecule has 0 radical (unpaired) electrons. The van der Waals surface area contributed by atoms with Gasteiger partial charge in [-0.2, -0.15) is 0 Å². The number of amides is 2. The number of rotatable bonds is 2. The lowest BCUT2D eigenvalue weighted by molar-refractivity contribution is -0.384. The van der Waals surface area contributed by atoms with Crippen LogP contribution in [0, 0.1) is 17.0 Å². The normalized spacial score (nSPS) is 13.4. The second kappa shape index (κ2) is 4.66. The van der Waals surface area contributed by atoms with E-state index in [4.69, 9.17) is 5.73 Å². The lowest BCUT2D eigenvalue weighted by Crippen LogP contribution is -2.30. The van der Waals surface area contributed by atoms with Gasteiger partial charge in [-0.15, -0.1) is 0 Å². The molecular weight excluding hydrogens is 286 g/mol. The number of nitrogens with two attached hydrogens (primary N) is 1. The summed E-state index contributed by atoms with van der Waals surface area (Å²) in [6.45, 7) is 1.61. The molecule has 22 heavy (non-hydrogen) atoms. The summed E-state index contributed by atoms with van der Waals surface area (Å²) >= 11 is 0. The van der Waals surface area contributed by atoms with Gasteiger partial charge >= 0.3 is 0 Å². The van der Waals surface area contributed by atoms with Gasteiger partial charge in [0.1, 0.15) is 0 Å². The largest absolute Gasteiger partial charge is 0.398 e. The van der Waals surface area contributed by atoms with Crippen molar-refractivity contribution in [3.63, 3.8) is 0 Å². The zero-order valence-corrected chi connectivity index (χ0v) is 11.6. The fourth-order valence-electron chi connectivity index (χ4n) is 2.45. The van der Waals surface area contributed by atoms with Crippen molar-refractivity contribution in [2.45, 2.75) is 6.92 Å². The van der Waals surface area contributed by atoms with Crippen molar-refractivity contribution in [1.82, 2.24) is 0 Å². The average molecular weight is 297 g/mol. The zero-order chi connectivity index (χ0) is 16.0. The summed E-state index contributed by atoms with van der Waals surface area (Å²) in [5, 5.41) is 11.0. The number of nitro groups is 1. The third-order valence-electron chi connectivity index (χ3n) is 3.65. The van der Waals surface area contributed by atoms with E-state index in [0.717, 1.165) is 4.90 Å². The van der Waals surface area contributed by atoms with Crippen LogP contribution in [0.25, 0.3) is 0 Å². The summed E-state index contributed by atoms with van der Waals surface area (Å²) in [7, 11) is 0. The Bertz CT molecular complexity index is 810. The monoisotopic (exact) mass is 297 g/mol. The summed E-state index contributed by atoms with van der Waals surface area (Å²) in [6.07, 6.45) is 0. The van der Waals surface area contributed by atoms with Gasteiger partial charge in [0.15, 0.2) is 0 Å². The van der Waals surface area contributed by atoms with Gasteiger partial charge in [0.25, 0.3) is 17.5 Å². The molecule has 2 aromatic rings. The maximum Gasteiger partial charge on any atom is 0.273 e. The third kappa shape index (κ3) is 1.83. The predicted molar refractivity (Wildman–Crippen MR) is 79.8 cm³/mol. The Labute approximate surface area is 125 Å². The van der Waals surface area contributed by atoms with E-state index in [9.17, 15) is 19.7 Å². The number of imide groups is 1. The number of anilines is 2. The molecule has 110 valence electrons. The highest BCUT2D eigenvalue weighted by Gasteiger charge is 2.37. The molecule has 0 atom stereocenters. The number of benzene rings is 2. The Kier molecular flexibility index (Phi) is 2.91. The van der Waals surface area contributed by atoms with E-state index in [2.05, 4.69) is 0 Å². The summed E-state index contributed by atoms with van der Waals surface area (Å²) in [5.74, 6) is -1.02. The molecule has 3 rings (SSSR count). The molecule has 0 saturated carbocycles. The van der Waals surface area contributed by atoms with Crippen molar-refractivity contribution in [3.05, 3.63) is 63.2 Å². The first-order valence-electron chi connectivity index (χ1n) is 6.44. The highest BCUT2D eigenvalue weighted by molar-refractivity contribution is 6.34. The first kappa shape index (κ1) is 13.7. The van der Waals surface area contributed by atoms with Crippen molar-refractivity contribution in [2.24, 2.45) is 0 Å². The quantitative estimate of drug-likeness (QED) is 0.396. The van der Waals surface area contributed by atoms with Crippen molar-refractivity contribution < 1.29 is 14.5 Å². The van der Waals surface area contributed by atoms with Crippen LogP contribution >= 0.6 is 0 Å². The molecule has 2 N–H and O–H groups in total. The molecule has 0 spiro atoms. The molecule has 0 aromatic heterocycles. The van der Waals surface area contributed by atoms with Crippen molar-refractivity contribution >= 4 is 28.9 Å². The topological polar surface area (TPSA) is 107 Å². The zero-order valence-electron chi connectivity index (χ0n) is 11.6. The molecule has 0 saturated heterocycles. The third-order valence-corrected chi connectivity index (χ3v) is 3.65. The van der Waals surface area contributed by atoms with Crippen molar-refractivity contribution in [3.8, 4) is 0 Å². The van der Waals surface area contributed by atoms with Gasteiger partial charge in [0.05, 0.1) is 21.7 Å². The Morgan fingerprint density at radius 2 is 1.64 bits per heavy atom. The lowest BCUT2D eigenvalue weighted by Gasteiger charge is -2.17. The second-order valence-electron chi connectivity index (χ2n) is 4.93. The number of carbonyl (C=O) groups is 2. The van der Waals surface area contributed by atoms with Crippen LogP contribution in [0.3, 0.4) is 0 Å². The van der Waals surface area contributed by atoms with Crippen molar-refractivity contribution in [2.75, 3.05) is 10.6 Å². The van der Waals surface area contributed by atoms with Gasteiger partial charge in [-0.1, -0.05) is 12.1 Å². The number of nitro benzene ring substituents is 1. The number of fused-ring (bicyclic) bond motifs is 1. The van der Waals surface area contributed by atoms with E-state index >= 15 is 0 Å². The van der Waals surface area contributed by atoms with Crippen LogP contribution in [0.1, 0.15) is 26.3 Å². The smallest absolute Gasteiger partial charge is 0.273 e. The summed E-state index contributed by atoms with van der Waals surface area (Å²) in [5.41, 5.74) is 6.79. The van der Waals surface area contributed by atoms with Crippen LogP contribution in [0.2, 0.25) is 0 Å². The highest BCUT2D eigenvalue weighted by atomic mass is 16.6. The molecule has 0 unspecified atom stereocenters. The Morgan fingerprint density at radius 1 is 1.09 bits per heavy atom. The molecule has 2 amide bonds. The highest BCUT2D eigenvalue weighted by Crippen LogP contribution is 2.35. The molecule has 2 aromatic carbocycles. The van der Waals surface area contributed by atoms with E-state index in [1.165, 1.54) is 12.1 Å². The van der Waals surface area contributed by atoms with Gasteiger partial charge in [-0.25, -0.2) is 4.90 Å². The van der Waals surface area contributed by atoms with E-state index in [0.29, 0.717) is 5.56 Å². The van der Waals surface area contributed by atoms with Crippen LogP contribution in [0.5, 0.6) is 0 Å². The predicted octanol–water partition coefficient (Wildman–Crippen LogP) is 2.29. The molecule has 0 aliphatic carbocycles. The fraction of sp³-hybridized carbons (Fsp3) is 0.0667. The number of hydrogen-bond acceptors (Lipinski definition) is 5.